The van der Waals surface area contributed by atoms with E-state index in [1.165, 1.54) is 6.07 Å². The second-order valence-corrected chi connectivity index (χ2v) is 5.43. The fourth-order valence-corrected chi connectivity index (χ4v) is 2.30. The number of hydrogen-bond donors (Lipinski definition) is 1. The molecule has 1 aromatic carbocycles. The summed E-state index contributed by atoms with van der Waals surface area (Å²) >= 11 is 3.36. The predicted molar refractivity (Wildman–Crippen MR) is 80.2 cm³/mol. The minimum Gasteiger partial charge on any atom is -0.383 e. The highest BCUT2D eigenvalue weighted by molar-refractivity contribution is 9.10. The second kappa shape index (κ2) is 6.85. The number of anilines is 1. The molecule has 108 valence electrons. The molecule has 1 aromatic heterocycles. The number of methoxy groups -OCH3 is 1. The molecule has 4 nitrogen and oxygen atoms in total. The highest BCUT2D eigenvalue weighted by atomic mass is 79.9. The molecule has 0 radical (unpaired) electrons. The van der Waals surface area contributed by atoms with E-state index in [1.54, 1.807) is 30.1 Å². The van der Waals surface area contributed by atoms with Gasteiger partial charge in [0.05, 0.1) is 31.1 Å². The molecular weight excluding hydrogens is 325 g/mol. The Morgan fingerprint density at radius 2 is 2.30 bits per heavy atom. The molecular formula is C14H17BrFN3O. The average molecular weight is 342 g/mol. The van der Waals surface area contributed by atoms with Gasteiger partial charge in [-0.25, -0.2) is 4.39 Å². The topological polar surface area (TPSA) is 39.1 Å². The zero-order valence-electron chi connectivity index (χ0n) is 11.4. The van der Waals surface area contributed by atoms with Crippen LogP contribution < -0.4 is 5.32 Å². The normalized spacial score (nSPS) is 12.4. The van der Waals surface area contributed by atoms with Crippen molar-refractivity contribution >= 4 is 21.6 Å². The molecule has 0 spiro atoms. The molecule has 0 saturated heterocycles. The van der Waals surface area contributed by atoms with E-state index in [1.807, 2.05) is 13.1 Å². The van der Waals surface area contributed by atoms with Crippen LogP contribution in [0.25, 0.3) is 0 Å². The largest absolute Gasteiger partial charge is 0.383 e. The van der Waals surface area contributed by atoms with Gasteiger partial charge in [0.25, 0.3) is 0 Å². The van der Waals surface area contributed by atoms with Crippen molar-refractivity contribution in [2.45, 2.75) is 19.5 Å². The van der Waals surface area contributed by atoms with Crippen LogP contribution in [0.1, 0.15) is 18.5 Å². The van der Waals surface area contributed by atoms with Gasteiger partial charge in [0, 0.05) is 23.3 Å². The van der Waals surface area contributed by atoms with E-state index in [2.05, 4.69) is 26.3 Å². The van der Waals surface area contributed by atoms with E-state index < -0.39 is 0 Å². The van der Waals surface area contributed by atoms with Gasteiger partial charge < -0.3 is 10.1 Å². The summed E-state index contributed by atoms with van der Waals surface area (Å²) < 4.78 is 21.4. The summed E-state index contributed by atoms with van der Waals surface area (Å²) in [6.45, 7) is 3.21. The number of hydrogen-bond acceptors (Lipinski definition) is 3. The second-order valence-electron chi connectivity index (χ2n) is 4.52. The van der Waals surface area contributed by atoms with Crippen LogP contribution in [0.3, 0.4) is 0 Å². The molecule has 6 heteroatoms. The number of ether oxygens (including phenoxy) is 1. The fraction of sp³-hybridized carbons (Fsp3) is 0.357. The Bertz CT molecular complexity index is 573. The highest BCUT2D eigenvalue weighted by Crippen LogP contribution is 2.24. The minimum absolute atomic E-state index is 0.146. The first-order valence-electron chi connectivity index (χ1n) is 6.33. The van der Waals surface area contributed by atoms with E-state index in [9.17, 15) is 4.39 Å². The van der Waals surface area contributed by atoms with Gasteiger partial charge in [-0.2, -0.15) is 5.10 Å². The highest BCUT2D eigenvalue weighted by Gasteiger charge is 2.12. The molecule has 0 aliphatic rings. The SMILES string of the molecule is COCCn1cc(NC(C)c2cc(Br)ccc2F)cn1. The lowest BCUT2D eigenvalue weighted by Crippen LogP contribution is -2.08. The monoisotopic (exact) mass is 341 g/mol. The van der Waals surface area contributed by atoms with Gasteiger partial charge in [-0.1, -0.05) is 15.9 Å². The Labute approximate surface area is 126 Å². The molecule has 0 amide bonds. The molecule has 0 fully saturated rings. The van der Waals surface area contributed by atoms with Crippen LogP contribution in [0.5, 0.6) is 0 Å². The molecule has 2 rings (SSSR count). The Morgan fingerprint density at radius 3 is 3.05 bits per heavy atom. The van der Waals surface area contributed by atoms with E-state index >= 15 is 0 Å². The summed E-state index contributed by atoms with van der Waals surface area (Å²) in [6, 6.07) is 4.78. The summed E-state index contributed by atoms with van der Waals surface area (Å²) in [6.07, 6.45) is 3.60. The average Bonchev–Trinajstić information content (AvgIpc) is 2.86. The maximum atomic E-state index is 13.8. The number of nitrogens with one attached hydrogen (secondary N) is 1. The van der Waals surface area contributed by atoms with Gasteiger partial charge in [-0.15, -0.1) is 0 Å². The van der Waals surface area contributed by atoms with Crippen LogP contribution >= 0.6 is 15.9 Å². The molecule has 2 aromatic rings. The van der Waals surface area contributed by atoms with E-state index in [-0.39, 0.29) is 11.9 Å². The molecule has 1 unspecified atom stereocenters. The molecule has 20 heavy (non-hydrogen) atoms. The van der Waals surface area contributed by atoms with Crippen LogP contribution in [0, 0.1) is 5.82 Å². The molecule has 1 heterocycles. The van der Waals surface area contributed by atoms with E-state index in [4.69, 9.17) is 4.74 Å². The summed E-state index contributed by atoms with van der Waals surface area (Å²) in [5.41, 5.74) is 1.47. The molecule has 1 N–H and O–H groups in total. The zero-order valence-corrected chi connectivity index (χ0v) is 13.0. The van der Waals surface area contributed by atoms with Gasteiger partial charge in [0.15, 0.2) is 0 Å². The molecule has 0 saturated carbocycles. The zero-order chi connectivity index (χ0) is 14.5. The number of halogens is 2. The lowest BCUT2D eigenvalue weighted by atomic mass is 10.1. The van der Waals surface area contributed by atoms with Crippen molar-refractivity contribution < 1.29 is 9.13 Å². The van der Waals surface area contributed by atoms with E-state index in [0.29, 0.717) is 18.7 Å². The first kappa shape index (κ1) is 15.0. The lowest BCUT2D eigenvalue weighted by Gasteiger charge is -2.15. The van der Waals surface area contributed by atoms with Crippen LogP contribution in [0.15, 0.2) is 35.1 Å². The van der Waals surface area contributed by atoms with Crippen molar-refractivity contribution in [2.75, 3.05) is 19.0 Å². The maximum Gasteiger partial charge on any atom is 0.128 e. The minimum atomic E-state index is -0.222. The van der Waals surface area contributed by atoms with Gasteiger partial charge in [-0.05, 0) is 25.1 Å². The Hall–Kier alpha value is -1.40. The molecule has 0 aliphatic carbocycles. The molecule has 0 bridgehead atoms. The number of aromatic nitrogens is 2. The van der Waals surface area contributed by atoms with Crippen molar-refractivity contribution in [1.29, 1.82) is 0 Å². The van der Waals surface area contributed by atoms with Crippen molar-refractivity contribution in [3.8, 4) is 0 Å². The van der Waals surface area contributed by atoms with Crippen LogP contribution in [0.2, 0.25) is 0 Å². The first-order chi connectivity index (χ1) is 9.60. The van der Waals surface area contributed by atoms with Crippen LogP contribution in [-0.4, -0.2) is 23.5 Å². The van der Waals surface area contributed by atoms with Crippen LogP contribution in [0.4, 0.5) is 10.1 Å². The lowest BCUT2D eigenvalue weighted by molar-refractivity contribution is 0.183. The third-order valence-corrected chi connectivity index (χ3v) is 3.46. The Kier molecular flexibility index (Phi) is 5.14. The third kappa shape index (κ3) is 3.80. The molecule has 1 atom stereocenters. The third-order valence-electron chi connectivity index (χ3n) is 2.97. The fourth-order valence-electron chi connectivity index (χ4n) is 1.92. The standard InChI is InChI=1S/C14H17BrFN3O/c1-10(13-7-11(15)3-4-14(13)16)18-12-8-17-19(9-12)5-6-20-2/h3-4,7-10,18H,5-6H2,1-2H3. The number of benzene rings is 1. The Morgan fingerprint density at radius 1 is 1.50 bits per heavy atom. The van der Waals surface area contributed by atoms with Crippen molar-refractivity contribution in [3.63, 3.8) is 0 Å². The van der Waals surface area contributed by atoms with E-state index in [0.717, 1.165) is 10.2 Å². The summed E-state index contributed by atoms with van der Waals surface area (Å²) in [7, 11) is 1.65. The predicted octanol–water partition coefficient (Wildman–Crippen LogP) is 3.60. The number of nitrogens with zero attached hydrogens (tertiary/aromatic N) is 2. The van der Waals surface area contributed by atoms with Crippen molar-refractivity contribution in [2.24, 2.45) is 0 Å². The Balaban J connectivity index is 2.05. The van der Waals surface area contributed by atoms with Gasteiger partial charge in [0.1, 0.15) is 5.82 Å². The summed E-state index contributed by atoms with van der Waals surface area (Å²) in [5, 5.41) is 7.45. The molecule has 0 aliphatic heterocycles. The van der Waals surface area contributed by atoms with Gasteiger partial charge in [-0.3, -0.25) is 4.68 Å². The smallest absolute Gasteiger partial charge is 0.128 e. The first-order valence-corrected chi connectivity index (χ1v) is 7.12. The van der Waals surface area contributed by atoms with Crippen LogP contribution in [-0.2, 0) is 11.3 Å². The summed E-state index contributed by atoms with van der Waals surface area (Å²) in [5.74, 6) is -0.222. The van der Waals surface area contributed by atoms with Crippen molar-refractivity contribution in [3.05, 3.63) is 46.4 Å². The maximum absolute atomic E-state index is 13.8. The quantitative estimate of drug-likeness (QED) is 0.872. The van der Waals surface area contributed by atoms with Crippen molar-refractivity contribution in [1.82, 2.24) is 9.78 Å². The van der Waals surface area contributed by atoms with Gasteiger partial charge >= 0.3 is 0 Å². The number of rotatable bonds is 6. The summed E-state index contributed by atoms with van der Waals surface area (Å²) in [4.78, 5) is 0. The van der Waals surface area contributed by atoms with Gasteiger partial charge in [0.2, 0.25) is 0 Å².